The second kappa shape index (κ2) is 13.9. The minimum atomic E-state index is -5.11. The number of fused-ring (bicyclic) bond motifs is 1. The predicted octanol–water partition coefficient (Wildman–Crippen LogP) is 5.43. The van der Waals surface area contributed by atoms with E-state index in [9.17, 15) is 40.7 Å². The first-order valence-electron chi connectivity index (χ1n) is 14.6. The summed E-state index contributed by atoms with van der Waals surface area (Å²) >= 11 is 0. The number of halogens is 6. The first kappa shape index (κ1) is 33.5. The molecule has 1 aliphatic rings. The number of nitrogens with one attached hydrogen (secondary N) is 2. The number of carbonyl (C=O) groups is 3. The highest BCUT2D eigenvalue weighted by atomic mass is 19.4. The lowest BCUT2D eigenvalue weighted by Gasteiger charge is -2.41. The first-order valence-corrected chi connectivity index (χ1v) is 14.6. The number of rotatable bonds is 9. The van der Waals surface area contributed by atoms with Crippen molar-refractivity contribution in [1.29, 1.82) is 0 Å². The minimum absolute atomic E-state index is 0.0196. The SMILES string of the molecule is O=C(CN1CCN(C(=O)c2cc(C(F)(F)F)cc(C(F)(F)F)c2)[C@H](Cc2c[nH]c3ccccc23)C1)NCC(=O)OCc1ccccc1. The Labute approximate surface area is 265 Å². The monoisotopic (exact) mass is 660 g/mol. The molecule has 0 aliphatic carbocycles. The van der Waals surface area contributed by atoms with Gasteiger partial charge in [-0.1, -0.05) is 48.5 Å². The zero-order valence-electron chi connectivity index (χ0n) is 24.8. The van der Waals surface area contributed by atoms with Gasteiger partial charge in [-0.3, -0.25) is 19.3 Å². The quantitative estimate of drug-likeness (QED) is 0.185. The van der Waals surface area contributed by atoms with Crippen molar-refractivity contribution in [2.75, 3.05) is 32.7 Å². The summed E-state index contributed by atoms with van der Waals surface area (Å²) in [5, 5.41) is 3.33. The average molecular weight is 661 g/mol. The van der Waals surface area contributed by atoms with E-state index in [4.69, 9.17) is 4.74 Å². The lowest BCUT2D eigenvalue weighted by molar-refractivity contribution is -0.145. The highest BCUT2D eigenvalue weighted by molar-refractivity contribution is 5.95. The molecule has 4 aromatic rings. The van der Waals surface area contributed by atoms with Crippen molar-refractivity contribution in [1.82, 2.24) is 20.1 Å². The normalized spacial score (nSPS) is 15.9. The Bertz CT molecular complexity index is 1710. The number of esters is 1. The Balaban J connectivity index is 1.31. The van der Waals surface area contributed by atoms with E-state index in [2.05, 4.69) is 10.3 Å². The van der Waals surface area contributed by atoms with Crippen LogP contribution in [-0.2, 0) is 39.7 Å². The van der Waals surface area contributed by atoms with Gasteiger partial charge >= 0.3 is 18.3 Å². The van der Waals surface area contributed by atoms with Crippen LogP contribution in [0.1, 0.15) is 32.6 Å². The summed E-state index contributed by atoms with van der Waals surface area (Å²) in [6.45, 7) is -0.386. The van der Waals surface area contributed by atoms with Gasteiger partial charge in [0.15, 0.2) is 0 Å². The molecule has 47 heavy (non-hydrogen) atoms. The summed E-state index contributed by atoms with van der Waals surface area (Å²) in [6, 6.07) is 16.4. The molecule has 0 bridgehead atoms. The number of hydrogen-bond donors (Lipinski definition) is 2. The van der Waals surface area contributed by atoms with E-state index in [0.717, 1.165) is 22.0 Å². The van der Waals surface area contributed by atoms with Crippen LogP contribution in [0.4, 0.5) is 26.3 Å². The van der Waals surface area contributed by atoms with Gasteiger partial charge in [0.2, 0.25) is 5.91 Å². The Morgan fingerprint density at radius 1 is 0.872 bits per heavy atom. The predicted molar refractivity (Wildman–Crippen MR) is 159 cm³/mol. The van der Waals surface area contributed by atoms with Crippen LogP contribution in [0.2, 0.25) is 0 Å². The van der Waals surface area contributed by atoms with Crippen LogP contribution in [0.15, 0.2) is 79.0 Å². The summed E-state index contributed by atoms with van der Waals surface area (Å²) in [5.41, 5.74) is -1.55. The number of nitrogens with zero attached hydrogens (tertiary/aromatic N) is 2. The molecule has 0 unspecified atom stereocenters. The van der Waals surface area contributed by atoms with Crippen LogP contribution < -0.4 is 5.32 Å². The van der Waals surface area contributed by atoms with Gasteiger partial charge in [0.25, 0.3) is 5.91 Å². The molecule has 0 saturated carbocycles. The molecular formula is C33H30F6N4O4. The highest BCUT2D eigenvalue weighted by Crippen LogP contribution is 2.37. The Kier molecular flexibility index (Phi) is 9.89. The van der Waals surface area contributed by atoms with E-state index in [-0.39, 0.29) is 51.8 Å². The lowest BCUT2D eigenvalue weighted by atomic mass is 9.98. The van der Waals surface area contributed by atoms with E-state index < -0.39 is 52.9 Å². The number of aromatic nitrogens is 1. The van der Waals surface area contributed by atoms with Crippen LogP contribution in [0.5, 0.6) is 0 Å². The third kappa shape index (κ3) is 8.50. The van der Waals surface area contributed by atoms with Crippen molar-refractivity contribution in [3.63, 3.8) is 0 Å². The first-order chi connectivity index (χ1) is 22.3. The number of carbonyl (C=O) groups excluding carboxylic acids is 3. The molecule has 5 rings (SSSR count). The third-order valence-electron chi connectivity index (χ3n) is 7.83. The van der Waals surface area contributed by atoms with Crippen molar-refractivity contribution >= 4 is 28.7 Å². The molecular weight excluding hydrogens is 630 g/mol. The van der Waals surface area contributed by atoms with Gasteiger partial charge in [-0.2, -0.15) is 26.3 Å². The number of aromatic amines is 1. The maximum absolute atomic E-state index is 13.7. The minimum Gasteiger partial charge on any atom is -0.460 e. The molecule has 1 aromatic heterocycles. The standard InChI is InChI=1S/C33H30F6N4O4/c34-32(35,36)24-12-22(13-25(15-24)33(37,38)39)31(46)43-11-10-42(18-26(43)14-23-16-40-28-9-5-4-8-27(23)28)19-29(44)41-17-30(45)47-20-21-6-2-1-3-7-21/h1-9,12-13,15-16,26,40H,10-11,14,17-20H2,(H,41,44)/t26-/m1/s1. The molecule has 2 amide bonds. The molecule has 0 spiro atoms. The van der Waals surface area contributed by atoms with Crippen LogP contribution in [-0.4, -0.2) is 71.3 Å². The number of ether oxygens (including phenoxy) is 1. The van der Waals surface area contributed by atoms with E-state index in [1.807, 2.05) is 30.3 Å². The molecule has 1 fully saturated rings. The molecule has 14 heteroatoms. The number of para-hydroxylation sites is 1. The van der Waals surface area contributed by atoms with Gasteiger partial charge < -0.3 is 19.9 Å². The molecule has 248 valence electrons. The number of H-pyrrole nitrogens is 1. The van der Waals surface area contributed by atoms with Crippen molar-refractivity contribution in [3.8, 4) is 0 Å². The fraction of sp³-hybridized carbons (Fsp3) is 0.303. The number of hydrogen-bond acceptors (Lipinski definition) is 5. The second-order valence-corrected chi connectivity index (χ2v) is 11.2. The van der Waals surface area contributed by atoms with Crippen LogP contribution >= 0.6 is 0 Å². The number of amides is 2. The van der Waals surface area contributed by atoms with Crippen molar-refractivity contribution in [2.24, 2.45) is 0 Å². The van der Waals surface area contributed by atoms with E-state index >= 15 is 0 Å². The molecule has 3 aromatic carbocycles. The maximum Gasteiger partial charge on any atom is 0.416 e. The number of benzene rings is 3. The van der Waals surface area contributed by atoms with Crippen LogP contribution in [0.25, 0.3) is 10.9 Å². The summed E-state index contributed by atoms with van der Waals surface area (Å²) in [7, 11) is 0. The van der Waals surface area contributed by atoms with Crippen LogP contribution in [0.3, 0.4) is 0 Å². The summed E-state index contributed by atoms with van der Waals surface area (Å²) in [4.78, 5) is 44.6. The summed E-state index contributed by atoms with van der Waals surface area (Å²) < 4.78 is 86.5. The Morgan fingerprint density at radius 3 is 2.21 bits per heavy atom. The fourth-order valence-electron chi connectivity index (χ4n) is 5.52. The van der Waals surface area contributed by atoms with Gasteiger partial charge in [0, 0.05) is 48.3 Å². The van der Waals surface area contributed by atoms with E-state index in [1.54, 1.807) is 35.4 Å². The zero-order valence-corrected chi connectivity index (χ0v) is 24.8. The van der Waals surface area contributed by atoms with E-state index in [0.29, 0.717) is 12.1 Å². The second-order valence-electron chi connectivity index (χ2n) is 11.2. The fourth-order valence-corrected chi connectivity index (χ4v) is 5.52. The topological polar surface area (TPSA) is 94.7 Å². The zero-order chi connectivity index (χ0) is 33.8. The van der Waals surface area contributed by atoms with Gasteiger partial charge in [-0.05, 0) is 41.8 Å². The molecule has 2 heterocycles. The van der Waals surface area contributed by atoms with Gasteiger partial charge in [0.1, 0.15) is 13.2 Å². The van der Waals surface area contributed by atoms with Gasteiger partial charge in [-0.15, -0.1) is 0 Å². The molecule has 2 N–H and O–H groups in total. The summed E-state index contributed by atoms with van der Waals surface area (Å²) in [6.07, 6.45) is -8.30. The Morgan fingerprint density at radius 2 is 1.53 bits per heavy atom. The highest BCUT2D eigenvalue weighted by Gasteiger charge is 2.39. The lowest BCUT2D eigenvalue weighted by Crippen LogP contribution is -2.57. The number of alkyl halides is 6. The molecule has 1 atom stereocenters. The van der Waals surface area contributed by atoms with Gasteiger partial charge in [-0.25, -0.2) is 0 Å². The smallest absolute Gasteiger partial charge is 0.416 e. The van der Waals surface area contributed by atoms with Gasteiger partial charge in [0.05, 0.1) is 17.7 Å². The van der Waals surface area contributed by atoms with Crippen LogP contribution in [0, 0.1) is 0 Å². The van der Waals surface area contributed by atoms with E-state index in [1.165, 1.54) is 4.90 Å². The maximum atomic E-state index is 13.7. The third-order valence-corrected chi connectivity index (χ3v) is 7.83. The van der Waals surface area contributed by atoms with Crippen molar-refractivity contribution in [3.05, 3.63) is 107 Å². The largest absolute Gasteiger partial charge is 0.460 e. The summed E-state index contributed by atoms with van der Waals surface area (Å²) in [5.74, 6) is -2.13. The van der Waals surface area contributed by atoms with Crippen molar-refractivity contribution in [2.45, 2.75) is 31.4 Å². The molecule has 1 aliphatic heterocycles. The Hall–Kier alpha value is -4.85. The molecule has 1 saturated heterocycles. The number of piperazine rings is 1. The molecule has 8 nitrogen and oxygen atoms in total. The molecule has 0 radical (unpaired) electrons. The van der Waals surface area contributed by atoms with Crippen molar-refractivity contribution < 1.29 is 45.5 Å². The average Bonchev–Trinajstić information content (AvgIpc) is 3.44.